The van der Waals surface area contributed by atoms with Gasteiger partial charge in [0.2, 0.25) is 5.91 Å². The summed E-state index contributed by atoms with van der Waals surface area (Å²) in [6.45, 7) is 2.29. The van der Waals surface area contributed by atoms with Crippen molar-refractivity contribution in [2.75, 3.05) is 6.54 Å². The van der Waals surface area contributed by atoms with E-state index in [1.807, 2.05) is 0 Å². The van der Waals surface area contributed by atoms with E-state index >= 15 is 0 Å². The lowest BCUT2D eigenvalue weighted by atomic mass is 10.1. The predicted octanol–water partition coefficient (Wildman–Crippen LogP) is 0.223. The van der Waals surface area contributed by atoms with Crippen molar-refractivity contribution in [3.05, 3.63) is 0 Å². The molecule has 1 aliphatic heterocycles. The maximum atomic E-state index is 11.6. The molecule has 2 N–H and O–H groups in total. The number of aliphatic hydroxyl groups is 1. The van der Waals surface area contributed by atoms with Gasteiger partial charge in [-0.25, -0.2) is 0 Å². The van der Waals surface area contributed by atoms with Crippen molar-refractivity contribution in [2.24, 2.45) is 0 Å². The molecule has 0 bridgehead atoms. The number of carboxylic acids is 1. The third kappa shape index (κ3) is 3.20. The van der Waals surface area contributed by atoms with Crippen LogP contribution in [-0.4, -0.2) is 45.7 Å². The van der Waals surface area contributed by atoms with Crippen molar-refractivity contribution < 1.29 is 19.8 Å². The highest BCUT2D eigenvalue weighted by Crippen LogP contribution is 2.21. The lowest BCUT2D eigenvalue weighted by molar-refractivity contribution is -0.141. The molecule has 1 saturated heterocycles. The SMILES string of the molecule is C[C@@H](O)[C@H]1CCCN1C(=O)CCC(=O)O. The van der Waals surface area contributed by atoms with Gasteiger partial charge < -0.3 is 15.1 Å². The number of carbonyl (C=O) groups excluding carboxylic acids is 1. The van der Waals surface area contributed by atoms with Crippen molar-refractivity contribution in [1.82, 2.24) is 4.90 Å². The maximum Gasteiger partial charge on any atom is 0.303 e. The summed E-state index contributed by atoms with van der Waals surface area (Å²) >= 11 is 0. The van der Waals surface area contributed by atoms with Gasteiger partial charge >= 0.3 is 5.97 Å². The molecule has 0 spiro atoms. The van der Waals surface area contributed by atoms with Crippen molar-refractivity contribution in [3.63, 3.8) is 0 Å². The van der Waals surface area contributed by atoms with E-state index in [9.17, 15) is 14.7 Å². The minimum Gasteiger partial charge on any atom is -0.481 e. The van der Waals surface area contributed by atoms with Gasteiger partial charge in [-0.2, -0.15) is 0 Å². The van der Waals surface area contributed by atoms with Gasteiger partial charge in [-0.3, -0.25) is 9.59 Å². The molecule has 0 radical (unpaired) electrons. The Morgan fingerprint density at radius 2 is 2.13 bits per heavy atom. The van der Waals surface area contributed by atoms with Crippen molar-refractivity contribution >= 4 is 11.9 Å². The molecule has 1 fully saturated rings. The lowest BCUT2D eigenvalue weighted by Gasteiger charge is -2.26. The Morgan fingerprint density at radius 1 is 1.47 bits per heavy atom. The van der Waals surface area contributed by atoms with Gasteiger partial charge in [-0.05, 0) is 19.8 Å². The van der Waals surface area contributed by atoms with Gasteiger partial charge in [0.05, 0.1) is 18.6 Å². The molecule has 0 unspecified atom stereocenters. The highest BCUT2D eigenvalue weighted by molar-refractivity contribution is 5.81. The Bertz CT molecular complexity index is 252. The average Bonchev–Trinajstić information content (AvgIpc) is 2.62. The summed E-state index contributed by atoms with van der Waals surface area (Å²) in [4.78, 5) is 23.5. The van der Waals surface area contributed by atoms with Crippen molar-refractivity contribution in [1.29, 1.82) is 0 Å². The molecule has 0 saturated carbocycles. The van der Waals surface area contributed by atoms with Crippen LogP contribution < -0.4 is 0 Å². The van der Waals surface area contributed by atoms with Crippen molar-refractivity contribution in [3.8, 4) is 0 Å². The van der Waals surface area contributed by atoms with Crippen molar-refractivity contribution in [2.45, 2.75) is 44.8 Å². The summed E-state index contributed by atoms with van der Waals surface area (Å²) in [5.41, 5.74) is 0. The number of hydrogen-bond acceptors (Lipinski definition) is 3. The van der Waals surface area contributed by atoms with Gasteiger partial charge in [0.25, 0.3) is 0 Å². The molecule has 86 valence electrons. The number of hydrogen-bond donors (Lipinski definition) is 2. The molecule has 2 atom stereocenters. The molecule has 0 aromatic carbocycles. The number of likely N-dealkylation sites (tertiary alicyclic amines) is 1. The van der Waals surface area contributed by atoms with Crippen LogP contribution >= 0.6 is 0 Å². The highest BCUT2D eigenvalue weighted by atomic mass is 16.4. The third-order valence-electron chi connectivity index (χ3n) is 2.73. The summed E-state index contributed by atoms with van der Waals surface area (Å²) in [6.07, 6.45) is 1.03. The normalized spacial score (nSPS) is 22.8. The molecule has 1 rings (SSSR count). The number of aliphatic hydroxyl groups excluding tert-OH is 1. The first-order valence-corrected chi connectivity index (χ1v) is 5.21. The molecule has 5 nitrogen and oxygen atoms in total. The van der Waals surface area contributed by atoms with E-state index in [0.717, 1.165) is 12.8 Å². The van der Waals surface area contributed by atoms with Gasteiger partial charge in [0.15, 0.2) is 0 Å². The van der Waals surface area contributed by atoms with Gasteiger partial charge in [-0.1, -0.05) is 0 Å². The Morgan fingerprint density at radius 3 is 2.67 bits per heavy atom. The van der Waals surface area contributed by atoms with Crippen LogP contribution in [0.15, 0.2) is 0 Å². The topological polar surface area (TPSA) is 77.8 Å². The number of nitrogens with zero attached hydrogens (tertiary/aromatic N) is 1. The van der Waals surface area contributed by atoms with E-state index in [1.165, 1.54) is 0 Å². The molecule has 5 heteroatoms. The Kier molecular flexibility index (Phi) is 4.08. The fourth-order valence-electron chi connectivity index (χ4n) is 1.96. The molecule has 0 aromatic heterocycles. The van der Waals surface area contributed by atoms with E-state index < -0.39 is 12.1 Å². The third-order valence-corrected chi connectivity index (χ3v) is 2.73. The lowest BCUT2D eigenvalue weighted by Crippen LogP contribution is -2.41. The summed E-state index contributed by atoms with van der Waals surface area (Å²) in [5, 5.41) is 17.9. The molecule has 1 amide bonds. The zero-order valence-corrected chi connectivity index (χ0v) is 8.85. The quantitative estimate of drug-likeness (QED) is 0.703. The second kappa shape index (κ2) is 5.11. The first-order valence-electron chi connectivity index (χ1n) is 5.21. The largest absolute Gasteiger partial charge is 0.481 e. The van der Waals surface area contributed by atoms with Crippen LogP contribution in [-0.2, 0) is 9.59 Å². The van der Waals surface area contributed by atoms with Crippen LogP contribution in [0, 0.1) is 0 Å². The predicted molar refractivity (Wildman–Crippen MR) is 53.3 cm³/mol. The first-order chi connectivity index (χ1) is 7.02. The summed E-state index contributed by atoms with van der Waals surface area (Å²) < 4.78 is 0. The monoisotopic (exact) mass is 215 g/mol. The van der Waals surface area contributed by atoms with Gasteiger partial charge in [0.1, 0.15) is 0 Å². The number of rotatable bonds is 4. The highest BCUT2D eigenvalue weighted by Gasteiger charge is 2.31. The van der Waals surface area contributed by atoms with Crippen LogP contribution in [0.1, 0.15) is 32.6 Å². The number of amides is 1. The molecule has 1 heterocycles. The molecular formula is C10H17NO4. The summed E-state index contributed by atoms with van der Waals surface area (Å²) in [6, 6.07) is -0.133. The molecule has 15 heavy (non-hydrogen) atoms. The minimum atomic E-state index is -0.962. The van der Waals surface area contributed by atoms with Crippen LogP contribution in [0.25, 0.3) is 0 Å². The minimum absolute atomic E-state index is 0.0263. The molecule has 0 aliphatic carbocycles. The van der Waals surface area contributed by atoms with Crippen LogP contribution in [0.4, 0.5) is 0 Å². The van der Waals surface area contributed by atoms with E-state index in [4.69, 9.17) is 5.11 Å². The van der Waals surface area contributed by atoms with Crippen LogP contribution in [0.2, 0.25) is 0 Å². The second-order valence-corrected chi connectivity index (χ2v) is 3.93. The zero-order chi connectivity index (χ0) is 11.4. The number of carbonyl (C=O) groups is 2. The Balaban J connectivity index is 2.47. The number of aliphatic carboxylic acids is 1. The molecule has 0 aromatic rings. The number of carboxylic acid groups (broad SMARTS) is 1. The fraction of sp³-hybridized carbons (Fsp3) is 0.800. The fourth-order valence-corrected chi connectivity index (χ4v) is 1.96. The summed E-state index contributed by atoms with van der Waals surface area (Å²) in [5.74, 6) is -1.13. The van der Waals surface area contributed by atoms with E-state index in [1.54, 1.807) is 11.8 Å². The summed E-state index contributed by atoms with van der Waals surface area (Å²) in [7, 11) is 0. The van der Waals surface area contributed by atoms with E-state index in [-0.39, 0.29) is 24.8 Å². The Labute approximate surface area is 88.7 Å². The smallest absolute Gasteiger partial charge is 0.303 e. The van der Waals surface area contributed by atoms with Crippen LogP contribution in [0.5, 0.6) is 0 Å². The zero-order valence-electron chi connectivity index (χ0n) is 8.85. The average molecular weight is 215 g/mol. The molecule has 1 aliphatic rings. The molecular weight excluding hydrogens is 198 g/mol. The van der Waals surface area contributed by atoms with Gasteiger partial charge in [0, 0.05) is 13.0 Å². The van der Waals surface area contributed by atoms with E-state index in [0.29, 0.717) is 6.54 Å². The second-order valence-electron chi connectivity index (χ2n) is 3.93. The first kappa shape index (κ1) is 12.0. The Hall–Kier alpha value is -1.10. The van der Waals surface area contributed by atoms with Gasteiger partial charge in [-0.15, -0.1) is 0 Å². The maximum absolute atomic E-state index is 11.6. The van der Waals surface area contributed by atoms with E-state index in [2.05, 4.69) is 0 Å². The standard InChI is InChI=1S/C10H17NO4/c1-7(12)8-3-2-6-11(8)9(13)4-5-10(14)15/h7-8,12H,2-6H2,1H3,(H,14,15)/t7-,8-/m1/s1. The van der Waals surface area contributed by atoms with Crippen LogP contribution in [0.3, 0.4) is 0 Å².